The van der Waals surface area contributed by atoms with Gasteiger partial charge < -0.3 is 10.1 Å². The summed E-state index contributed by atoms with van der Waals surface area (Å²) in [5.41, 5.74) is 2.01. The Morgan fingerprint density at radius 3 is 2.73 bits per heavy atom. The summed E-state index contributed by atoms with van der Waals surface area (Å²) in [6.45, 7) is 3.69. The Balaban J connectivity index is 1.62. The van der Waals surface area contributed by atoms with E-state index in [0.29, 0.717) is 22.0 Å². The number of halogens is 2. The first-order valence-corrected chi connectivity index (χ1v) is 8.30. The van der Waals surface area contributed by atoms with E-state index >= 15 is 0 Å². The zero-order valence-corrected chi connectivity index (χ0v) is 15.0. The minimum atomic E-state index is -0.422. The Labute approximate surface area is 155 Å². The van der Waals surface area contributed by atoms with E-state index in [1.54, 1.807) is 43.5 Å². The molecular formula is C19H17ClFN3O2. The van der Waals surface area contributed by atoms with Gasteiger partial charge in [0.1, 0.15) is 11.6 Å². The van der Waals surface area contributed by atoms with Gasteiger partial charge in [0.15, 0.2) is 12.4 Å². The molecule has 0 aliphatic heterocycles. The molecular weight excluding hydrogens is 357 g/mol. The highest BCUT2D eigenvalue weighted by Crippen LogP contribution is 2.21. The van der Waals surface area contributed by atoms with Gasteiger partial charge in [-0.2, -0.15) is 5.10 Å². The summed E-state index contributed by atoms with van der Waals surface area (Å²) >= 11 is 5.98. The van der Waals surface area contributed by atoms with Gasteiger partial charge in [-0.25, -0.2) is 9.07 Å². The minimum absolute atomic E-state index is 0.146. The summed E-state index contributed by atoms with van der Waals surface area (Å²) in [5.74, 6) is -0.141. The van der Waals surface area contributed by atoms with E-state index in [4.69, 9.17) is 16.3 Å². The Morgan fingerprint density at radius 2 is 2.00 bits per heavy atom. The third-order valence-electron chi connectivity index (χ3n) is 3.80. The summed E-state index contributed by atoms with van der Waals surface area (Å²) in [5, 5.41) is 7.45. The molecule has 3 aromatic rings. The van der Waals surface area contributed by atoms with E-state index in [1.165, 1.54) is 10.7 Å². The number of aromatic nitrogens is 2. The van der Waals surface area contributed by atoms with Crippen molar-refractivity contribution in [3.8, 4) is 5.75 Å². The van der Waals surface area contributed by atoms with Crippen molar-refractivity contribution in [2.75, 3.05) is 5.32 Å². The molecule has 26 heavy (non-hydrogen) atoms. The molecule has 0 spiro atoms. The lowest BCUT2D eigenvalue weighted by molar-refractivity contribution is 0.102. The van der Waals surface area contributed by atoms with Crippen molar-refractivity contribution in [3.63, 3.8) is 0 Å². The number of hydrogen-bond acceptors (Lipinski definition) is 3. The molecule has 7 heteroatoms. The maximum atomic E-state index is 13.6. The van der Waals surface area contributed by atoms with Crippen molar-refractivity contribution in [2.45, 2.75) is 20.6 Å². The number of nitrogens with zero attached hydrogens (tertiary/aromatic N) is 2. The first-order chi connectivity index (χ1) is 12.4. The lowest BCUT2D eigenvalue weighted by atomic mass is 10.2. The molecule has 3 rings (SSSR count). The van der Waals surface area contributed by atoms with E-state index in [9.17, 15) is 9.18 Å². The maximum absolute atomic E-state index is 13.6. The van der Waals surface area contributed by atoms with Gasteiger partial charge in [0, 0.05) is 16.9 Å². The van der Waals surface area contributed by atoms with Gasteiger partial charge >= 0.3 is 0 Å². The molecule has 5 nitrogen and oxygen atoms in total. The first-order valence-electron chi connectivity index (χ1n) is 7.92. The fraction of sp³-hybridized carbons (Fsp3) is 0.158. The van der Waals surface area contributed by atoms with Crippen LogP contribution in [0.4, 0.5) is 10.1 Å². The molecule has 0 radical (unpaired) electrons. The molecule has 0 unspecified atom stereocenters. The van der Waals surface area contributed by atoms with E-state index in [0.717, 1.165) is 5.56 Å². The lowest BCUT2D eigenvalue weighted by Crippen LogP contribution is -2.14. The Bertz CT molecular complexity index is 956. The quantitative estimate of drug-likeness (QED) is 0.712. The molecule has 134 valence electrons. The highest BCUT2D eigenvalue weighted by Gasteiger charge is 2.11. The fourth-order valence-electron chi connectivity index (χ4n) is 2.27. The molecule has 1 N–H and O–H groups in total. The summed E-state index contributed by atoms with van der Waals surface area (Å²) in [4.78, 5) is 12.2. The first kappa shape index (κ1) is 17.9. The van der Waals surface area contributed by atoms with Gasteiger partial charge in [-0.1, -0.05) is 17.7 Å². The van der Waals surface area contributed by atoms with Crippen LogP contribution in [0.1, 0.15) is 21.6 Å². The number of rotatable bonds is 5. The van der Waals surface area contributed by atoms with E-state index < -0.39 is 5.91 Å². The van der Waals surface area contributed by atoms with Crippen LogP contribution in [0.3, 0.4) is 0 Å². The molecule has 1 amide bonds. The topological polar surface area (TPSA) is 56.2 Å². The molecule has 0 bridgehead atoms. The van der Waals surface area contributed by atoms with Crippen LogP contribution in [-0.4, -0.2) is 15.7 Å². The molecule has 1 aromatic heterocycles. The summed E-state index contributed by atoms with van der Waals surface area (Å²) in [6, 6.07) is 11.4. The molecule has 2 aromatic carbocycles. The number of amides is 1. The fourth-order valence-corrected chi connectivity index (χ4v) is 2.39. The molecule has 1 heterocycles. The van der Waals surface area contributed by atoms with Crippen LogP contribution in [0, 0.1) is 19.7 Å². The second-order valence-corrected chi connectivity index (χ2v) is 6.25. The average Bonchev–Trinajstić information content (AvgIpc) is 3.08. The Kier molecular flexibility index (Phi) is 5.23. The van der Waals surface area contributed by atoms with Crippen molar-refractivity contribution in [1.29, 1.82) is 0 Å². The van der Waals surface area contributed by atoms with Crippen molar-refractivity contribution < 1.29 is 13.9 Å². The van der Waals surface area contributed by atoms with Crippen molar-refractivity contribution in [1.82, 2.24) is 9.78 Å². The van der Waals surface area contributed by atoms with Gasteiger partial charge in [0.25, 0.3) is 5.91 Å². The Hall–Kier alpha value is -2.86. The van der Waals surface area contributed by atoms with Crippen molar-refractivity contribution in [3.05, 3.63) is 76.3 Å². The van der Waals surface area contributed by atoms with Crippen LogP contribution in [-0.2, 0) is 6.73 Å². The van der Waals surface area contributed by atoms with E-state index in [1.807, 2.05) is 13.0 Å². The zero-order chi connectivity index (χ0) is 18.7. The number of carbonyl (C=O) groups excluding carboxylic acids is 1. The molecule has 0 fully saturated rings. The van der Waals surface area contributed by atoms with Crippen LogP contribution >= 0.6 is 11.6 Å². The largest absolute Gasteiger partial charge is 0.471 e. The SMILES string of the molecule is Cc1ccc(NC(=O)c2ccn(COc3ccc(Cl)c(C)c3)n2)cc1F. The average molecular weight is 374 g/mol. The second kappa shape index (κ2) is 7.58. The van der Waals surface area contributed by atoms with E-state index in [-0.39, 0.29) is 18.2 Å². The number of hydrogen-bond donors (Lipinski definition) is 1. The zero-order valence-electron chi connectivity index (χ0n) is 14.3. The van der Waals surface area contributed by atoms with Crippen LogP contribution in [0.5, 0.6) is 5.75 Å². The number of carbonyl (C=O) groups is 1. The molecule has 0 atom stereocenters. The summed E-state index contributed by atoms with van der Waals surface area (Å²) in [7, 11) is 0. The van der Waals surface area contributed by atoms with Crippen LogP contribution in [0.25, 0.3) is 0 Å². The normalized spacial score (nSPS) is 10.6. The molecule has 0 aliphatic carbocycles. The maximum Gasteiger partial charge on any atom is 0.276 e. The smallest absolute Gasteiger partial charge is 0.276 e. The summed E-state index contributed by atoms with van der Waals surface area (Å²) < 4.78 is 20.7. The number of ether oxygens (including phenoxy) is 1. The standard InChI is InChI=1S/C19H17ClFN3O2/c1-12-3-4-14(10-17(12)21)22-19(25)18-7-8-24(23-18)11-26-15-5-6-16(20)13(2)9-15/h3-10H,11H2,1-2H3,(H,22,25). The summed E-state index contributed by atoms with van der Waals surface area (Å²) in [6.07, 6.45) is 1.63. The predicted molar refractivity (Wildman–Crippen MR) is 98.1 cm³/mol. The third kappa shape index (κ3) is 4.21. The highest BCUT2D eigenvalue weighted by atomic mass is 35.5. The number of benzene rings is 2. The lowest BCUT2D eigenvalue weighted by Gasteiger charge is -2.08. The minimum Gasteiger partial charge on any atom is -0.471 e. The number of aryl methyl sites for hydroxylation is 2. The van der Waals surface area contributed by atoms with Crippen molar-refractivity contribution >= 4 is 23.2 Å². The van der Waals surface area contributed by atoms with E-state index in [2.05, 4.69) is 10.4 Å². The van der Waals surface area contributed by atoms with Crippen LogP contribution < -0.4 is 10.1 Å². The highest BCUT2D eigenvalue weighted by molar-refractivity contribution is 6.31. The number of nitrogens with one attached hydrogen (secondary N) is 1. The van der Waals surface area contributed by atoms with Gasteiger partial charge in [0.05, 0.1) is 0 Å². The van der Waals surface area contributed by atoms with Crippen LogP contribution in [0.2, 0.25) is 5.02 Å². The molecule has 0 aliphatic rings. The van der Waals surface area contributed by atoms with Crippen LogP contribution in [0.15, 0.2) is 48.7 Å². The van der Waals surface area contributed by atoms with Gasteiger partial charge in [0.2, 0.25) is 0 Å². The monoisotopic (exact) mass is 373 g/mol. The predicted octanol–water partition coefficient (Wildman–Crippen LogP) is 4.58. The second-order valence-electron chi connectivity index (χ2n) is 5.84. The number of anilines is 1. The van der Waals surface area contributed by atoms with Crippen molar-refractivity contribution in [2.24, 2.45) is 0 Å². The molecule has 0 saturated carbocycles. The van der Waals surface area contributed by atoms with Gasteiger partial charge in [-0.05, 0) is 61.4 Å². The van der Waals surface area contributed by atoms with Gasteiger partial charge in [-0.3, -0.25) is 4.79 Å². The van der Waals surface area contributed by atoms with Gasteiger partial charge in [-0.15, -0.1) is 0 Å². The Morgan fingerprint density at radius 1 is 1.19 bits per heavy atom. The molecule has 0 saturated heterocycles. The third-order valence-corrected chi connectivity index (χ3v) is 4.22.